The number of benzene rings is 8. The summed E-state index contributed by atoms with van der Waals surface area (Å²) in [5.41, 5.74) is 16.2. The van der Waals surface area contributed by atoms with Crippen molar-refractivity contribution in [3.8, 4) is 78.7 Å². The van der Waals surface area contributed by atoms with E-state index in [0.29, 0.717) is 17.5 Å². The van der Waals surface area contributed by atoms with Crippen LogP contribution in [0, 0.1) is 0 Å². The first kappa shape index (κ1) is 33.9. The van der Waals surface area contributed by atoms with Gasteiger partial charge < -0.3 is 4.42 Å². The van der Waals surface area contributed by atoms with Crippen LogP contribution in [0.4, 0.5) is 0 Å². The molecule has 2 aromatic heterocycles. The molecule has 0 radical (unpaired) electrons. The summed E-state index contributed by atoms with van der Waals surface area (Å²) in [5.74, 6) is 1.90. The van der Waals surface area contributed by atoms with Crippen molar-refractivity contribution >= 4 is 21.9 Å². The van der Waals surface area contributed by atoms with E-state index < -0.39 is 0 Å². The molecular formula is C54H37N3O. The highest BCUT2D eigenvalue weighted by Crippen LogP contribution is 2.51. The van der Waals surface area contributed by atoms with Gasteiger partial charge in [0, 0.05) is 32.9 Å². The third-order valence-corrected chi connectivity index (χ3v) is 11.8. The molecule has 1 aliphatic rings. The number of hydrogen-bond acceptors (Lipinski definition) is 4. The Labute approximate surface area is 337 Å². The van der Waals surface area contributed by atoms with Crippen LogP contribution in [0.5, 0.6) is 0 Å². The maximum atomic E-state index is 6.50. The Balaban J connectivity index is 1.05. The molecule has 0 saturated carbocycles. The van der Waals surface area contributed by atoms with Crippen molar-refractivity contribution in [1.29, 1.82) is 0 Å². The van der Waals surface area contributed by atoms with Gasteiger partial charge >= 0.3 is 0 Å². The van der Waals surface area contributed by atoms with E-state index >= 15 is 0 Å². The molecule has 8 aromatic carbocycles. The highest BCUT2D eigenvalue weighted by atomic mass is 16.3. The first-order valence-electron chi connectivity index (χ1n) is 19.8. The van der Waals surface area contributed by atoms with E-state index in [2.05, 4.69) is 190 Å². The maximum absolute atomic E-state index is 6.50. The molecule has 4 heteroatoms. The summed E-state index contributed by atoms with van der Waals surface area (Å²) in [5, 5.41) is 2.23. The molecule has 0 N–H and O–H groups in total. The zero-order chi connectivity index (χ0) is 38.8. The highest BCUT2D eigenvalue weighted by Gasteiger charge is 2.37. The van der Waals surface area contributed by atoms with Crippen LogP contribution in [0.2, 0.25) is 0 Å². The third kappa shape index (κ3) is 5.56. The monoisotopic (exact) mass is 743 g/mol. The Morgan fingerprint density at radius 3 is 1.71 bits per heavy atom. The van der Waals surface area contributed by atoms with Crippen LogP contribution < -0.4 is 0 Å². The normalized spacial score (nSPS) is 12.8. The van der Waals surface area contributed by atoms with E-state index in [1.54, 1.807) is 0 Å². The van der Waals surface area contributed by atoms with Crippen LogP contribution in [0.15, 0.2) is 192 Å². The van der Waals surface area contributed by atoms with Crippen LogP contribution in [0.1, 0.15) is 25.0 Å². The van der Waals surface area contributed by atoms with Crippen LogP contribution in [0.25, 0.3) is 101 Å². The van der Waals surface area contributed by atoms with Gasteiger partial charge in [0.1, 0.15) is 11.2 Å². The van der Waals surface area contributed by atoms with Crippen LogP contribution in [0.3, 0.4) is 0 Å². The van der Waals surface area contributed by atoms with Gasteiger partial charge in [0.2, 0.25) is 0 Å². The molecule has 10 aromatic rings. The van der Waals surface area contributed by atoms with Crippen molar-refractivity contribution < 1.29 is 4.42 Å². The lowest BCUT2D eigenvalue weighted by molar-refractivity contribution is 0.660. The summed E-state index contributed by atoms with van der Waals surface area (Å²) in [6.07, 6.45) is 0. The van der Waals surface area contributed by atoms with Crippen LogP contribution in [-0.2, 0) is 5.41 Å². The van der Waals surface area contributed by atoms with Gasteiger partial charge in [-0.3, -0.25) is 0 Å². The molecule has 0 spiro atoms. The number of rotatable bonds is 6. The van der Waals surface area contributed by atoms with E-state index in [1.807, 2.05) is 12.1 Å². The second kappa shape index (κ2) is 13.4. The Kier molecular flexibility index (Phi) is 7.80. The summed E-state index contributed by atoms with van der Waals surface area (Å²) in [4.78, 5) is 15.7. The molecule has 11 rings (SSSR count). The first-order chi connectivity index (χ1) is 28.5. The predicted octanol–water partition coefficient (Wildman–Crippen LogP) is 14.1. The minimum Gasteiger partial charge on any atom is -0.456 e. The minimum atomic E-state index is -0.147. The van der Waals surface area contributed by atoms with Gasteiger partial charge in [-0.15, -0.1) is 0 Å². The number of aromatic nitrogens is 3. The van der Waals surface area contributed by atoms with Crippen molar-refractivity contribution in [2.24, 2.45) is 0 Å². The Morgan fingerprint density at radius 2 is 0.897 bits per heavy atom. The number of furan rings is 1. The van der Waals surface area contributed by atoms with Crippen molar-refractivity contribution in [3.63, 3.8) is 0 Å². The van der Waals surface area contributed by atoms with E-state index in [1.165, 1.54) is 38.9 Å². The molecule has 4 nitrogen and oxygen atoms in total. The Bertz CT molecular complexity index is 3180. The molecule has 0 saturated heterocycles. The fraction of sp³-hybridized carbons (Fsp3) is 0.0556. The van der Waals surface area contributed by atoms with E-state index in [4.69, 9.17) is 19.4 Å². The third-order valence-electron chi connectivity index (χ3n) is 11.8. The van der Waals surface area contributed by atoms with Crippen LogP contribution >= 0.6 is 0 Å². The lowest BCUT2D eigenvalue weighted by Gasteiger charge is -2.21. The molecule has 58 heavy (non-hydrogen) atoms. The topological polar surface area (TPSA) is 51.8 Å². The average molecular weight is 744 g/mol. The maximum Gasteiger partial charge on any atom is 0.164 e. The van der Waals surface area contributed by atoms with Gasteiger partial charge in [0.05, 0.1) is 0 Å². The van der Waals surface area contributed by atoms with Crippen molar-refractivity contribution in [3.05, 3.63) is 199 Å². The predicted molar refractivity (Wildman–Crippen MR) is 237 cm³/mol. The van der Waals surface area contributed by atoms with Crippen LogP contribution in [-0.4, -0.2) is 15.0 Å². The van der Waals surface area contributed by atoms with E-state index in [0.717, 1.165) is 55.3 Å². The Morgan fingerprint density at radius 1 is 0.362 bits per heavy atom. The Hall–Kier alpha value is -7.43. The molecule has 274 valence electrons. The van der Waals surface area contributed by atoms with Crippen molar-refractivity contribution in [2.45, 2.75) is 19.3 Å². The zero-order valence-corrected chi connectivity index (χ0v) is 32.1. The summed E-state index contributed by atoms with van der Waals surface area (Å²) < 4.78 is 6.50. The largest absolute Gasteiger partial charge is 0.456 e. The second-order valence-electron chi connectivity index (χ2n) is 15.6. The summed E-state index contributed by atoms with van der Waals surface area (Å²) in [6.45, 7) is 4.60. The fourth-order valence-corrected chi connectivity index (χ4v) is 8.84. The zero-order valence-electron chi connectivity index (χ0n) is 32.1. The molecular weight excluding hydrogens is 707 g/mol. The summed E-state index contributed by atoms with van der Waals surface area (Å²) in [6, 6.07) is 66.0. The lowest BCUT2D eigenvalue weighted by atomic mass is 9.82. The highest BCUT2D eigenvalue weighted by molar-refractivity contribution is 6.13. The van der Waals surface area contributed by atoms with E-state index in [-0.39, 0.29) is 5.41 Å². The van der Waals surface area contributed by atoms with Gasteiger partial charge in [-0.2, -0.15) is 0 Å². The molecule has 1 aliphatic carbocycles. The van der Waals surface area contributed by atoms with Gasteiger partial charge in [0.25, 0.3) is 0 Å². The smallest absolute Gasteiger partial charge is 0.164 e. The van der Waals surface area contributed by atoms with Gasteiger partial charge in [-0.1, -0.05) is 178 Å². The molecule has 0 aliphatic heterocycles. The SMILES string of the molecule is CC1(C)c2ccccc2-c2c(-c3nc(-c4ccc(-c5ccccc5)cc4)nc(-c4cccc(-c5ccc6c(c5)oc5cccc(-c7ccccc7)c56)c4)n3)cccc21. The van der Waals surface area contributed by atoms with Gasteiger partial charge in [-0.05, 0) is 79.9 Å². The number of nitrogens with zero attached hydrogens (tertiary/aromatic N) is 3. The molecule has 0 fully saturated rings. The number of fused-ring (bicyclic) bond motifs is 6. The molecule has 0 atom stereocenters. The second-order valence-corrected chi connectivity index (χ2v) is 15.6. The standard InChI is InChI=1S/C54H37N3O/c1-54(2)45-23-10-9-20-42(45)49-44(22-12-24-46(49)54)53-56-51(37-28-26-35(27-29-37)34-14-5-3-6-15-34)55-52(57-53)40-19-11-18-38(32-40)39-30-31-43-48(33-39)58-47-25-13-21-41(50(43)47)36-16-7-4-8-17-36/h3-33H,1-2H3. The summed E-state index contributed by atoms with van der Waals surface area (Å²) >= 11 is 0. The van der Waals surface area contributed by atoms with E-state index in [9.17, 15) is 0 Å². The number of hydrogen-bond donors (Lipinski definition) is 0. The van der Waals surface area contributed by atoms with Crippen molar-refractivity contribution in [2.75, 3.05) is 0 Å². The fourth-order valence-electron chi connectivity index (χ4n) is 8.84. The molecule has 0 bridgehead atoms. The van der Waals surface area contributed by atoms with Crippen molar-refractivity contribution in [1.82, 2.24) is 15.0 Å². The summed E-state index contributed by atoms with van der Waals surface area (Å²) in [7, 11) is 0. The van der Waals surface area contributed by atoms with Gasteiger partial charge in [-0.25, -0.2) is 15.0 Å². The molecule has 0 amide bonds. The average Bonchev–Trinajstić information content (AvgIpc) is 3.78. The molecule has 2 heterocycles. The first-order valence-corrected chi connectivity index (χ1v) is 19.8. The lowest BCUT2D eigenvalue weighted by Crippen LogP contribution is -2.14. The van der Waals surface area contributed by atoms with Gasteiger partial charge in [0.15, 0.2) is 17.5 Å². The minimum absolute atomic E-state index is 0.147. The quantitative estimate of drug-likeness (QED) is 0.170. The molecule has 0 unspecified atom stereocenters.